The molecular formula is C18H25N3. The SMILES string of the molecule is CCCN(CCC)c1ccc(/C=C(\C#N)C2(N)CC2)cc1. The molecule has 21 heavy (non-hydrogen) atoms. The summed E-state index contributed by atoms with van der Waals surface area (Å²) in [6.45, 7) is 6.57. The molecule has 0 aliphatic heterocycles. The molecular weight excluding hydrogens is 258 g/mol. The second-order valence-electron chi connectivity index (χ2n) is 5.90. The van der Waals surface area contributed by atoms with Crippen LogP contribution in [0.15, 0.2) is 29.8 Å². The molecule has 1 aromatic carbocycles. The summed E-state index contributed by atoms with van der Waals surface area (Å²) in [6.07, 6.45) is 6.07. The Hall–Kier alpha value is -1.79. The Labute approximate surface area is 128 Å². The Morgan fingerprint density at radius 3 is 2.24 bits per heavy atom. The second-order valence-corrected chi connectivity index (χ2v) is 5.90. The maximum absolute atomic E-state index is 9.24. The maximum atomic E-state index is 9.24. The molecule has 0 bridgehead atoms. The summed E-state index contributed by atoms with van der Waals surface area (Å²) in [7, 11) is 0. The molecule has 1 saturated carbocycles. The van der Waals surface area contributed by atoms with E-state index in [1.165, 1.54) is 5.69 Å². The summed E-state index contributed by atoms with van der Waals surface area (Å²) >= 11 is 0. The zero-order valence-electron chi connectivity index (χ0n) is 13.1. The second kappa shape index (κ2) is 6.78. The van der Waals surface area contributed by atoms with Crippen LogP contribution >= 0.6 is 0 Å². The van der Waals surface area contributed by atoms with Crippen LogP contribution < -0.4 is 10.6 Å². The highest BCUT2D eigenvalue weighted by atomic mass is 15.1. The first-order valence-corrected chi connectivity index (χ1v) is 7.89. The summed E-state index contributed by atoms with van der Waals surface area (Å²) in [6, 6.07) is 10.7. The van der Waals surface area contributed by atoms with Gasteiger partial charge in [-0.25, -0.2) is 0 Å². The van der Waals surface area contributed by atoms with Gasteiger partial charge in [-0.2, -0.15) is 5.26 Å². The van der Waals surface area contributed by atoms with Gasteiger partial charge in [0.25, 0.3) is 0 Å². The Balaban J connectivity index is 2.15. The normalized spacial score (nSPS) is 16.4. The first-order valence-electron chi connectivity index (χ1n) is 7.89. The minimum Gasteiger partial charge on any atom is -0.372 e. The van der Waals surface area contributed by atoms with Gasteiger partial charge in [0.2, 0.25) is 0 Å². The van der Waals surface area contributed by atoms with E-state index in [9.17, 15) is 5.26 Å². The molecule has 2 rings (SSSR count). The minimum absolute atomic E-state index is 0.357. The first-order chi connectivity index (χ1) is 10.1. The Kier molecular flexibility index (Phi) is 5.03. The lowest BCUT2D eigenvalue weighted by atomic mass is 10.0. The fraction of sp³-hybridized carbons (Fsp3) is 0.500. The molecule has 112 valence electrons. The van der Waals surface area contributed by atoms with Crippen LogP contribution in [-0.4, -0.2) is 18.6 Å². The predicted octanol–water partition coefficient (Wildman–Crippen LogP) is 3.71. The van der Waals surface area contributed by atoms with Gasteiger partial charge in [0.1, 0.15) is 0 Å². The molecule has 1 aliphatic rings. The summed E-state index contributed by atoms with van der Waals surface area (Å²) < 4.78 is 0. The van der Waals surface area contributed by atoms with E-state index >= 15 is 0 Å². The molecule has 1 aliphatic carbocycles. The lowest BCUT2D eigenvalue weighted by Crippen LogP contribution is -2.24. The Morgan fingerprint density at radius 2 is 1.81 bits per heavy atom. The number of nitrogens with two attached hydrogens (primary N) is 1. The molecule has 0 spiro atoms. The number of nitriles is 1. The van der Waals surface area contributed by atoms with Crippen molar-refractivity contribution in [1.82, 2.24) is 0 Å². The Morgan fingerprint density at radius 1 is 1.24 bits per heavy atom. The van der Waals surface area contributed by atoms with Gasteiger partial charge in [0, 0.05) is 24.4 Å². The fourth-order valence-electron chi connectivity index (χ4n) is 2.55. The van der Waals surface area contributed by atoms with Crippen LogP contribution in [0.3, 0.4) is 0 Å². The van der Waals surface area contributed by atoms with E-state index in [4.69, 9.17) is 5.73 Å². The molecule has 0 amide bonds. The van der Waals surface area contributed by atoms with Gasteiger partial charge in [-0.1, -0.05) is 26.0 Å². The topological polar surface area (TPSA) is 53.0 Å². The molecule has 0 radical (unpaired) electrons. The number of anilines is 1. The van der Waals surface area contributed by atoms with Crippen LogP contribution in [0.5, 0.6) is 0 Å². The van der Waals surface area contributed by atoms with Crippen molar-refractivity contribution in [3.8, 4) is 6.07 Å². The van der Waals surface area contributed by atoms with Crippen molar-refractivity contribution >= 4 is 11.8 Å². The molecule has 0 heterocycles. The number of hydrogen-bond donors (Lipinski definition) is 1. The van der Waals surface area contributed by atoms with Crippen LogP contribution in [0.4, 0.5) is 5.69 Å². The van der Waals surface area contributed by atoms with Crippen LogP contribution in [0.25, 0.3) is 6.08 Å². The van der Waals surface area contributed by atoms with Gasteiger partial charge in [-0.15, -0.1) is 0 Å². The molecule has 3 heteroatoms. The minimum atomic E-state index is -0.357. The lowest BCUT2D eigenvalue weighted by Gasteiger charge is -2.23. The van der Waals surface area contributed by atoms with E-state index in [-0.39, 0.29) is 5.54 Å². The van der Waals surface area contributed by atoms with Gasteiger partial charge >= 0.3 is 0 Å². The van der Waals surface area contributed by atoms with Crippen molar-refractivity contribution in [1.29, 1.82) is 5.26 Å². The Bertz CT molecular complexity index is 527. The lowest BCUT2D eigenvalue weighted by molar-refractivity contribution is 0.745. The van der Waals surface area contributed by atoms with E-state index in [0.717, 1.165) is 44.3 Å². The average Bonchev–Trinajstić information content (AvgIpc) is 3.24. The standard InChI is InChI=1S/C18H25N3/c1-3-11-21(12-4-2)17-7-5-15(6-8-17)13-16(14-19)18(20)9-10-18/h5-8,13H,3-4,9-12,20H2,1-2H3/b16-13+. The van der Waals surface area contributed by atoms with Gasteiger partial charge in [-0.3, -0.25) is 0 Å². The highest BCUT2D eigenvalue weighted by Gasteiger charge is 2.42. The quantitative estimate of drug-likeness (QED) is 0.776. The van der Waals surface area contributed by atoms with Crippen molar-refractivity contribution in [2.45, 2.75) is 45.1 Å². The third-order valence-corrected chi connectivity index (χ3v) is 4.00. The molecule has 0 atom stereocenters. The number of hydrogen-bond acceptors (Lipinski definition) is 3. The van der Waals surface area contributed by atoms with Crippen LogP contribution in [0.2, 0.25) is 0 Å². The third kappa shape index (κ3) is 3.86. The van der Waals surface area contributed by atoms with E-state index in [0.29, 0.717) is 5.57 Å². The van der Waals surface area contributed by atoms with Gasteiger partial charge in [-0.05, 0) is 49.5 Å². The van der Waals surface area contributed by atoms with E-state index in [1.807, 2.05) is 6.08 Å². The molecule has 3 nitrogen and oxygen atoms in total. The summed E-state index contributed by atoms with van der Waals surface area (Å²) in [4.78, 5) is 2.41. The zero-order valence-corrected chi connectivity index (χ0v) is 13.1. The van der Waals surface area contributed by atoms with Crippen molar-refractivity contribution in [2.24, 2.45) is 5.73 Å². The molecule has 0 saturated heterocycles. The van der Waals surface area contributed by atoms with E-state index < -0.39 is 0 Å². The largest absolute Gasteiger partial charge is 0.372 e. The predicted molar refractivity (Wildman–Crippen MR) is 89.0 cm³/mol. The molecule has 1 aromatic rings. The van der Waals surface area contributed by atoms with Crippen LogP contribution in [0, 0.1) is 11.3 Å². The smallest absolute Gasteiger partial charge is 0.0967 e. The number of rotatable bonds is 7. The molecule has 1 fully saturated rings. The summed E-state index contributed by atoms with van der Waals surface area (Å²) in [5.74, 6) is 0. The summed E-state index contributed by atoms with van der Waals surface area (Å²) in [5, 5.41) is 9.24. The molecule has 0 unspecified atom stereocenters. The summed E-state index contributed by atoms with van der Waals surface area (Å²) in [5.41, 5.74) is 8.76. The van der Waals surface area contributed by atoms with E-state index in [1.54, 1.807) is 0 Å². The monoisotopic (exact) mass is 283 g/mol. The van der Waals surface area contributed by atoms with Crippen LogP contribution in [0.1, 0.15) is 45.1 Å². The first kappa shape index (κ1) is 15.6. The fourth-order valence-corrected chi connectivity index (χ4v) is 2.55. The molecule has 2 N–H and O–H groups in total. The zero-order chi connectivity index (χ0) is 15.3. The van der Waals surface area contributed by atoms with Gasteiger partial charge in [0.05, 0.1) is 11.6 Å². The van der Waals surface area contributed by atoms with Gasteiger partial charge < -0.3 is 10.6 Å². The van der Waals surface area contributed by atoms with Gasteiger partial charge in [0.15, 0.2) is 0 Å². The van der Waals surface area contributed by atoms with Crippen molar-refractivity contribution in [3.05, 3.63) is 35.4 Å². The number of benzene rings is 1. The van der Waals surface area contributed by atoms with E-state index in [2.05, 4.69) is 49.1 Å². The number of nitrogens with zero attached hydrogens (tertiary/aromatic N) is 2. The third-order valence-electron chi connectivity index (χ3n) is 4.00. The molecule has 0 aromatic heterocycles. The van der Waals surface area contributed by atoms with Crippen LogP contribution in [-0.2, 0) is 0 Å². The highest BCUT2D eigenvalue weighted by Crippen LogP contribution is 2.39. The maximum Gasteiger partial charge on any atom is 0.0967 e. The van der Waals surface area contributed by atoms with Crippen molar-refractivity contribution < 1.29 is 0 Å². The average molecular weight is 283 g/mol. The highest BCUT2D eigenvalue weighted by molar-refractivity contribution is 5.64. The van der Waals surface area contributed by atoms with Crippen molar-refractivity contribution in [2.75, 3.05) is 18.0 Å². The van der Waals surface area contributed by atoms with Crippen molar-refractivity contribution in [3.63, 3.8) is 0 Å².